The van der Waals surface area contributed by atoms with Crippen LogP contribution in [0, 0.1) is 0 Å². The second kappa shape index (κ2) is 9.47. The Labute approximate surface area is 132 Å². The zero-order valence-corrected chi connectivity index (χ0v) is 13.2. The first-order valence-corrected chi connectivity index (χ1v) is 7.24. The monoisotopic (exact) mass is 297 g/mol. The van der Waals surface area contributed by atoms with Gasteiger partial charge in [0.2, 0.25) is 0 Å². The molecule has 4 nitrogen and oxygen atoms in total. The summed E-state index contributed by atoms with van der Waals surface area (Å²) in [6.45, 7) is 11.2. The van der Waals surface area contributed by atoms with Gasteiger partial charge in [-0.3, -0.25) is 0 Å². The van der Waals surface area contributed by atoms with Crippen LogP contribution in [0.2, 0.25) is 0 Å². The molecule has 0 fully saturated rings. The van der Waals surface area contributed by atoms with Crippen molar-refractivity contribution in [2.45, 2.75) is 26.9 Å². The molecule has 1 aromatic rings. The van der Waals surface area contributed by atoms with Crippen molar-refractivity contribution in [2.24, 2.45) is 0 Å². The molecule has 0 amide bonds. The fourth-order valence-electron chi connectivity index (χ4n) is 1.90. The van der Waals surface area contributed by atoms with E-state index < -0.39 is 0 Å². The summed E-state index contributed by atoms with van der Waals surface area (Å²) in [6, 6.07) is 0. The Morgan fingerprint density at radius 1 is 1.27 bits per heavy atom. The van der Waals surface area contributed by atoms with Gasteiger partial charge in [-0.15, -0.1) is 5.10 Å². The Hall–Kier alpha value is -2.46. The smallest absolute Gasteiger partial charge is 0.177 e. The van der Waals surface area contributed by atoms with Crippen molar-refractivity contribution in [3.05, 3.63) is 73.4 Å². The van der Waals surface area contributed by atoms with Crippen LogP contribution in [0.15, 0.2) is 61.8 Å². The third-order valence-electron chi connectivity index (χ3n) is 2.76. The van der Waals surface area contributed by atoms with Crippen LogP contribution in [-0.4, -0.2) is 19.9 Å². The molecule has 0 saturated carbocycles. The van der Waals surface area contributed by atoms with Crippen molar-refractivity contribution in [1.82, 2.24) is 14.8 Å². The summed E-state index contributed by atoms with van der Waals surface area (Å²) in [5.41, 5.74) is 1.75. The summed E-state index contributed by atoms with van der Waals surface area (Å²) in [7, 11) is 0. The second-order valence-electron chi connectivity index (χ2n) is 4.41. The van der Waals surface area contributed by atoms with Crippen LogP contribution < -0.4 is 0 Å². The molecule has 0 aromatic carbocycles. The van der Waals surface area contributed by atoms with Gasteiger partial charge in [0.1, 0.15) is 6.61 Å². The van der Waals surface area contributed by atoms with Gasteiger partial charge in [-0.25, -0.2) is 9.67 Å². The van der Waals surface area contributed by atoms with Crippen LogP contribution in [-0.2, 0) is 6.61 Å². The van der Waals surface area contributed by atoms with E-state index in [1.807, 2.05) is 43.4 Å². The molecule has 0 saturated heterocycles. The molecule has 0 spiro atoms. The van der Waals surface area contributed by atoms with Gasteiger partial charge in [0, 0.05) is 5.57 Å². The summed E-state index contributed by atoms with van der Waals surface area (Å²) in [6.07, 6.45) is 15.8. The lowest BCUT2D eigenvalue weighted by Crippen LogP contribution is -2.03. The van der Waals surface area contributed by atoms with Crippen molar-refractivity contribution in [1.29, 1.82) is 0 Å². The molecule has 0 aliphatic carbocycles. The van der Waals surface area contributed by atoms with Gasteiger partial charge in [0.05, 0.1) is 5.70 Å². The third-order valence-corrected chi connectivity index (χ3v) is 2.76. The first-order chi connectivity index (χ1) is 10.7. The highest BCUT2D eigenvalue weighted by molar-refractivity contribution is 5.74. The predicted molar refractivity (Wildman–Crippen MR) is 92.8 cm³/mol. The van der Waals surface area contributed by atoms with Crippen LogP contribution in [0.1, 0.15) is 31.9 Å². The van der Waals surface area contributed by atoms with E-state index >= 15 is 0 Å². The maximum absolute atomic E-state index is 9.36. The molecule has 0 unspecified atom stereocenters. The molecule has 116 valence electrons. The van der Waals surface area contributed by atoms with Crippen molar-refractivity contribution in [3.8, 4) is 0 Å². The van der Waals surface area contributed by atoms with Gasteiger partial charge >= 0.3 is 0 Å². The first kappa shape index (κ1) is 17.6. The molecule has 4 heteroatoms. The van der Waals surface area contributed by atoms with E-state index in [0.717, 1.165) is 17.7 Å². The average Bonchev–Trinajstić information content (AvgIpc) is 2.95. The highest BCUT2D eigenvalue weighted by atomic mass is 16.3. The van der Waals surface area contributed by atoms with Crippen molar-refractivity contribution < 1.29 is 5.11 Å². The van der Waals surface area contributed by atoms with E-state index in [0.29, 0.717) is 11.6 Å². The molecule has 1 heterocycles. The molecule has 1 aromatic heterocycles. The lowest BCUT2D eigenvalue weighted by Gasteiger charge is -2.07. The standard InChI is InChI=1S/C18H23N3O/c1-5-9-13-16(12-8-4)21-18(19-17(14-22)20-21)15(10-6-2)11-7-3/h5-7,9-13,22H,1-2,8,14H2,3-4H3/b11-7-,13-9-,15-10+,16-12+. The van der Waals surface area contributed by atoms with Crippen LogP contribution in [0.4, 0.5) is 0 Å². The fourth-order valence-corrected chi connectivity index (χ4v) is 1.90. The van der Waals surface area contributed by atoms with Gasteiger partial charge in [-0.2, -0.15) is 0 Å². The van der Waals surface area contributed by atoms with Crippen LogP contribution in [0.5, 0.6) is 0 Å². The Kier molecular flexibility index (Phi) is 7.57. The van der Waals surface area contributed by atoms with Crippen LogP contribution in [0.3, 0.4) is 0 Å². The number of aromatic nitrogens is 3. The topological polar surface area (TPSA) is 50.9 Å². The van der Waals surface area contributed by atoms with Gasteiger partial charge < -0.3 is 5.11 Å². The molecular weight excluding hydrogens is 274 g/mol. The number of aliphatic hydroxyl groups excluding tert-OH is 1. The van der Waals surface area contributed by atoms with Crippen LogP contribution >= 0.6 is 0 Å². The number of hydrogen-bond acceptors (Lipinski definition) is 3. The van der Waals surface area contributed by atoms with E-state index in [9.17, 15) is 5.11 Å². The van der Waals surface area contributed by atoms with Crippen molar-refractivity contribution >= 4 is 11.3 Å². The molecule has 0 aliphatic rings. The Bertz CT molecular complexity index is 631. The molecule has 0 radical (unpaired) electrons. The maximum atomic E-state index is 9.36. The Morgan fingerprint density at radius 2 is 2.05 bits per heavy atom. The van der Waals surface area contributed by atoms with Gasteiger partial charge in [0.15, 0.2) is 11.6 Å². The molecule has 1 N–H and O–H groups in total. The molecule has 22 heavy (non-hydrogen) atoms. The summed E-state index contributed by atoms with van der Waals surface area (Å²) in [4.78, 5) is 4.41. The zero-order valence-electron chi connectivity index (χ0n) is 13.2. The largest absolute Gasteiger partial charge is 0.388 e. The summed E-state index contributed by atoms with van der Waals surface area (Å²) in [5.74, 6) is 1.04. The fraction of sp³-hybridized carbons (Fsp3) is 0.222. The summed E-state index contributed by atoms with van der Waals surface area (Å²) in [5, 5.41) is 13.7. The SMILES string of the molecule is C=C/C=C\C(=C/CC)n1nc(CO)nc1C(/C=C\C)=C/C=C. The predicted octanol–water partition coefficient (Wildman–Crippen LogP) is 3.91. The van der Waals surface area contributed by atoms with Crippen molar-refractivity contribution in [3.63, 3.8) is 0 Å². The quantitative estimate of drug-likeness (QED) is 0.740. The number of nitrogens with zero attached hydrogens (tertiary/aromatic N) is 3. The van der Waals surface area contributed by atoms with E-state index in [4.69, 9.17) is 0 Å². The van der Waals surface area contributed by atoms with E-state index in [1.54, 1.807) is 16.8 Å². The first-order valence-electron chi connectivity index (χ1n) is 7.24. The van der Waals surface area contributed by atoms with Gasteiger partial charge in [-0.05, 0) is 19.4 Å². The Morgan fingerprint density at radius 3 is 2.59 bits per heavy atom. The lowest BCUT2D eigenvalue weighted by atomic mass is 10.2. The third kappa shape index (κ3) is 4.53. The number of aliphatic hydroxyl groups is 1. The minimum absolute atomic E-state index is 0.207. The number of rotatable bonds is 8. The second-order valence-corrected chi connectivity index (χ2v) is 4.41. The molecule has 0 atom stereocenters. The molecule has 0 bridgehead atoms. The lowest BCUT2D eigenvalue weighted by molar-refractivity contribution is 0.271. The highest BCUT2D eigenvalue weighted by Crippen LogP contribution is 2.19. The zero-order chi connectivity index (χ0) is 16.4. The minimum Gasteiger partial charge on any atom is -0.388 e. The average molecular weight is 297 g/mol. The molecular formula is C18H23N3O. The molecule has 1 rings (SSSR count). The van der Waals surface area contributed by atoms with Gasteiger partial charge in [0.25, 0.3) is 0 Å². The van der Waals surface area contributed by atoms with E-state index in [1.165, 1.54) is 0 Å². The van der Waals surface area contributed by atoms with E-state index in [2.05, 4.69) is 30.2 Å². The number of allylic oxidation sites excluding steroid dienone is 10. The highest BCUT2D eigenvalue weighted by Gasteiger charge is 2.13. The maximum Gasteiger partial charge on any atom is 0.177 e. The van der Waals surface area contributed by atoms with Crippen LogP contribution in [0.25, 0.3) is 11.3 Å². The van der Waals surface area contributed by atoms with Crippen molar-refractivity contribution in [2.75, 3.05) is 0 Å². The summed E-state index contributed by atoms with van der Waals surface area (Å²) < 4.78 is 1.73. The normalized spacial score (nSPS) is 13.2. The van der Waals surface area contributed by atoms with E-state index in [-0.39, 0.29) is 6.61 Å². The molecule has 0 aliphatic heterocycles. The van der Waals surface area contributed by atoms with Gasteiger partial charge in [-0.1, -0.05) is 62.6 Å². The minimum atomic E-state index is -0.207. The summed E-state index contributed by atoms with van der Waals surface area (Å²) >= 11 is 0. The Balaban J connectivity index is 3.51. The number of hydrogen-bond donors (Lipinski definition) is 1.